The van der Waals surface area contributed by atoms with Gasteiger partial charge in [0.25, 0.3) is 5.89 Å². The quantitative estimate of drug-likeness (QED) is 0.438. The number of alkyl carbamates (subject to hydrolysis) is 1. The summed E-state index contributed by atoms with van der Waals surface area (Å²) in [5.41, 5.74) is 1.25. The van der Waals surface area contributed by atoms with Gasteiger partial charge in [0.15, 0.2) is 5.58 Å². The zero-order valence-corrected chi connectivity index (χ0v) is 19.5. The second-order valence-electron chi connectivity index (χ2n) is 8.96. The molecule has 1 atom stereocenters. The Morgan fingerprint density at radius 1 is 1.09 bits per heavy atom. The summed E-state index contributed by atoms with van der Waals surface area (Å²) >= 11 is 0. The molecule has 0 bridgehead atoms. The van der Waals surface area contributed by atoms with Crippen molar-refractivity contribution in [2.75, 3.05) is 32.9 Å². The Hall–Kier alpha value is -2.94. The fourth-order valence-corrected chi connectivity index (χ4v) is 4.65. The number of nitrogens with one attached hydrogen (secondary N) is 1. The Bertz CT molecular complexity index is 945. The molecular formula is C25H33N3O6. The summed E-state index contributed by atoms with van der Waals surface area (Å²) in [5.74, 6) is 0.0209. The summed E-state index contributed by atoms with van der Waals surface area (Å²) in [5, 5.41) is 2.84. The van der Waals surface area contributed by atoms with Crippen molar-refractivity contribution in [2.24, 2.45) is 5.92 Å². The van der Waals surface area contributed by atoms with Gasteiger partial charge in [0, 0.05) is 19.5 Å². The maximum atomic E-state index is 13.1. The number of unbranched alkanes of at least 4 members (excludes halogenated alkanes) is 1. The van der Waals surface area contributed by atoms with E-state index >= 15 is 0 Å². The largest absolute Gasteiger partial charge is 0.450 e. The van der Waals surface area contributed by atoms with Crippen LogP contribution in [0, 0.1) is 5.92 Å². The highest BCUT2D eigenvalue weighted by Crippen LogP contribution is 2.27. The van der Waals surface area contributed by atoms with Crippen LogP contribution < -0.4 is 5.32 Å². The lowest BCUT2D eigenvalue weighted by Crippen LogP contribution is -2.55. The van der Waals surface area contributed by atoms with Gasteiger partial charge in [0.2, 0.25) is 11.7 Å². The maximum absolute atomic E-state index is 13.1. The Morgan fingerprint density at radius 3 is 2.62 bits per heavy atom. The Balaban J connectivity index is 1.21. The van der Waals surface area contributed by atoms with E-state index in [2.05, 4.69) is 10.3 Å². The van der Waals surface area contributed by atoms with Crippen molar-refractivity contribution in [3.63, 3.8) is 0 Å². The monoisotopic (exact) mass is 471 g/mol. The third-order valence-corrected chi connectivity index (χ3v) is 6.55. The van der Waals surface area contributed by atoms with Crippen LogP contribution in [0.2, 0.25) is 0 Å². The van der Waals surface area contributed by atoms with E-state index in [4.69, 9.17) is 13.9 Å². The van der Waals surface area contributed by atoms with Crippen LogP contribution in [0.4, 0.5) is 4.79 Å². The molecule has 9 heteroatoms. The molecule has 0 radical (unpaired) electrons. The molecule has 0 spiro atoms. The van der Waals surface area contributed by atoms with Crippen molar-refractivity contribution in [3.05, 3.63) is 30.2 Å². The van der Waals surface area contributed by atoms with E-state index in [-0.39, 0.29) is 36.5 Å². The number of hydrogen-bond donors (Lipinski definition) is 1. The van der Waals surface area contributed by atoms with E-state index in [1.807, 2.05) is 12.1 Å². The number of ether oxygens (including phenoxy) is 2. The third kappa shape index (κ3) is 6.34. The van der Waals surface area contributed by atoms with Crippen molar-refractivity contribution >= 4 is 28.9 Å². The lowest BCUT2D eigenvalue weighted by atomic mass is 9.83. The first-order valence-electron chi connectivity index (χ1n) is 12.3. The van der Waals surface area contributed by atoms with Crippen molar-refractivity contribution in [1.29, 1.82) is 0 Å². The van der Waals surface area contributed by atoms with Gasteiger partial charge in [0.05, 0.1) is 19.8 Å². The zero-order valence-electron chi connectivity index (χ0n) is 19.5. The molecule has 4 rings (SSSR count). The first-order valence-corrected chi connectivity index (χ1v) is 12.3. The normalized spacial score (nSPS) is 17.9. The topological polar surface area (TPSA) is 111 Å². The van der Waals surface area contributed by atoms with Crippen LogP contribution in [0.15, 0.2) is 28.7 Å². The van der Waals surface area contributed by atoms with E-state index in [0.717, 1.165) is 25.7 Å². The second kappa shape index (κ2) is 12.0. The van der Waals surface area contributed by atoms with Gasteiger partial charge in [0.1, 0.15) is 11.6 Å². The molecule has 0 unspecified atom stereocenters. The average Bonchev–Trinajstić information content (AvgIpc) is 3.32. The molecule has 2 fully saturated rings. The van der Waals surface area contributed by atoms with Gasteiger partial charge in [-0.2, -0.15) is 0 Å². The van der Waals surface area contributed by atoms with E-state index in [9.17, 15) is 14.4 Å². The van der Waals surface area contributed by atoms with E-state index in [0.29, 0.717) is 50.2 Å². The Labute approximate surface area is 199 Å². The molecule has 1 aliphatic heterocycles. The molecule has 1 aromatic heterocycles. The Kier molecular flexibility index (Phi) is 8.51. The highest BCUT2D eigenvalue weighted by molar-refractivity contribution is 5.94. The molecule has 2 aromatic rings. The number of hydrogen-bond acceptors (Lipinski definition) is 7. The fraction of sp³-hybridized carbons (Fsp3) is 0.600. The van der Waals surface area contributed by atoms with Crippen molar-refractivity contribution in [3.8, 4) is 0 Å². The zero-order chi connectivity index (χ0) is 23.8. The number of fused-ring (bicyclic) bond motifs is 1. The molecule has 1 saturated heterocycles. The van der Waals surface area contributed by atoms with Crippen LogP contribution in [-0.4, -0.2) is 66.6 Å². The van der Waals surface area contributed by atoms with Gasteiger partial charge < -0.3 is 24.1 Å². The molecule has 2 heterocycles. The Morgan fingerprint density at radius 2 is 1.85 bits per heavy atom. The highest BCUT2D eigenvalue weighted by Gasteiger charge is 2.34. The summed E-state index contributed by atoms with van der Waals surface area (Å²) in [6, 6.07) is 6.68. The van der Waals surface area contributed by atoms with E-state index in [1.54, 1.807) is 17.0 Å². The molecule has 2 aliphatic rings. The summed E-state index contributed by atoms with van der Waals surface area (Å²) in [6.07, 6.45) is 5.93. The molecule has 34 heavy (non-hydrogen) atoms. The standard InChI is InChI=1S/C25H33N3O6/c29-20(23-26-19-10-4-5-12-21(19)34-23)11-6-7-15-33-25(31)27-22(18-8-2-1-3-9-18)24(30)28-13-16-32-17-14-28/h4-5,10,12,18,22H,1-3,6-9,11,13-17H2,(H,27,31)/t22-/m0/s1. The van der Waals surface area contributed by atoms with Gasteiger partial charge >= 0.3 is 6.09 Å². The number of carbonyl (C=O) groups excluding carboxylic acids is 3. The van der Waals surface area contributed by atoms with Crippen LogP contribution >= 0.6 is 0 Å². The molecule has 9 nitrogen and oxygen atoms in total. The number of oxazole rings is 1. The van der Waals surface area contributed by atoms with Gasteiger partial charge in [-0.1, -0.05) is 31.4 Å². The smallest absolute Gasteiger partial charge is 0.407 e. The van der Waals surface area contributed by atoms with Crippen molar-refractivity contribution < 1.29 is 28.3 Å². The van der Waals surface area contributed by atoms with Crippen molar-refractivity contribution in [1.82, 2.24) is 15.2 Å². The lowest BCUT2D eigenvalue weighted by Gasteiger charge is -2.35. The number of benzene rings is 1. The molecule has 184 valence electrons. The number of Topliss-reactive ketones (excluding diaryl/α,β-unsaturated/α-hetero) is 1. The number of nitrogens with zero attached hydrogens (tertiary/aromatic N) is 2. The van der Waals surface area contributed by atoms with E-state index < -0.39 is 12.1 Å². The SMILES string of the molecule is O=C(N[C@H](C(=O)N1CCOCC1)C1CCCCC1)OCCCCC(=O)c1nc2ccccc2o1. The second-order valence-corrected chi connectivity index (χ2v) is 8.96. The van der Waals surface area contributed by atoms with Gasteiger partial charge in [-0.3, -0.25) is 9.59 Å². The molecule has 2 amide bonds. The summed E-state index contributed by atoms with van der Waals surface area (Å²) in [4.78, 5) is 43.9. The molecular weight excluding hydrogens is 438 g/mol. The summed E-state index contributed by atoms with van der Waals surface area (Å²) in [7, 11) is 0. The van der Waals surface area contributed by atoms with Gasteiger partial charge in [-0.25, -0.2) is 9.78 Å². The predicted molar refractivity (Wildman–Crippen MR) is 124 cm³/mol. The van der Waals surface area contributed by atoms with Crippen LogP contribution in [0.1, 0.15) is 62.1 Å². The number of morpholine rings is 1. The minimum Gasteiger partial charge on any atom is -0.450 e. The number of para-hydroxylation sites is 2. The van der Waals surface area contributed by atoms with Crippen LogP contribution in [0.3, 0.4) is 0 Å². The fourth-order valence-electron chi connectivity index (χ4n) is 4.65. The molecule has 1 saturated carbocycles. The van der Waals surface area contributed by atoms with E-state index in [1.165, 1.54) is 6.42 Å². The third-order valence-electron chi connectivity index (χ3n) is 6.55. The number of aromatic nitrogens is 1. The molecule has 1 N–H and O–H groups in total. The first kappa shape index (κ1) is 24.2. The molecule has 1 aromatic carbocycles. The number of amides is 2. The number of ketones is 1. The molecule has 1 aliphatic carbocycles. The predicted octanol–water partition coefficient (Wildman–Crippen LogP) is 3.71. The minimum absolute atomic E-state index is 0.0453. The van der Waals surface area contributed by atoms with Crippen LogP contribution in [0.5, 0.6) is 0 Å². The minimum atomic E-state index is -0.581. The van der Waals surface area contributed by atoms with Crippen LogP contribution in [0.25, 0.3) is 11.1 Å². The van der Waals surface area contributed by atoms with Crippen LogP contribution in [-0.2, 0) is 14.3 Å². The first-order chi connectivity index (χ1) is 16.6. The van der Waals surface area contributed by atoms with Gasteiger partial charge in [-0.15, -0.1) is 0 Å². The number of carbonyl (C=O) groups is 3. The van der Waals surface area contributed by atoms with Crippen molar-refractivity contribution in [2.45, 2.75) is 57.4 Å². The lowest BCUT2D eigenvalue weighted by molar-refractivity contribution is -0.139. The number of rotatable bonds is 9. The average molecular weight is 472 g/mol. The van der Waals surface area contributed by atoms with Gasteiger partial charge in [-0.05, 0) is 43.7 Å². The maximum Gasteiger partial charge on any atom is 0.407 e. The summed E-state index contributed by atoms with van der Waals surface area (Å²) in [6.45, 7) is 2.32. The highest BCUT2D eigenvalue weighted by atomic mass is 16.5. The summed E-state index contributed by atoms with van der Waals surface area (Å²) < 4.78 is 16.2.